The molecule has 1 aromatic rings. The number of hydrogen-bond acceptors (Lipinski definition) is 4. The SMILES string of the molecule is CC(C)N(Cc1cccs1)CC1CC(O)CN1. The number of thiophene rings is 1. The highest BCUT2D eigenvalue weighted by molar-refractivity contribution is 7.09. The maximum Gasteiger partial charge on any atom is 0.0680 e. The number of β-amino-alcohol motifs (C(OH)–C–C–N with tert-alkyl or cyclic N) is 1. The van der Waals surface area contributed by atoms with Gasteiger partial charge in [0.05, 0.1) is 6.10 Å². The van der Waals surface area contributed by atoms with Gasteiger partial charge in [0, 0.05) is 36.6 Å². The maximum atomic E-state index is 9.53. The Bertz CT molecular complexity index is 326. The number of nitrogens with zero attached hydrogens (tertiary/aromatic N) is 1. The molecule has 0 saturated carbocycles. The van der Waals surface area contributed by atoms with E-state index >= 15 is 0 Å². The standard InChI is InChI=1S/C13H22N2OS/c1-10(2)15(9-13-4-3-5-17-13)8-11-6-12(16)7-14-11/h3-5,10-12,14,16H,6-9H2,1-2H3. The van der Waals surface area contributed by atoms with Gasteiger partial charge < -0.3 is 10.4 Å². The molecule has 1 aliphatic rings. The first-order chi connectivity index (χ1) is 8.15. The molecule has 1 saturated heterocycles. The third kappa shape index (κ3) is 3.78. The van der Waals surface area contributed by atoms with Crippen LogP contribution in [-0.2, 0) is 6.54 Å². The van der Waals surface area contributed by atoms with Crippen LogP contribution in [0.2, 0.25) is 0 Å². The van der Waals surface area contributed by atoms with E-state index in [0.29, 0.717) is 12.1 Å². The van der Waals surface area contributed by atoms with Crippen LogP contribution in [0.5, 0.6) is 0 Å². The highest BCUT2D eigenvalue weighted by Gasteiger charge is 2.25. The molecule has 2 rings (SSSR count). The number of aliphatic hydroxyl groups is 1. The van der Waals surface area contributed by atoms with Gasteiger partial charge in [0.15, 0.2) is 0 Å². The Morgan fingerprint density at radius 3 is 2.94 bits per heavy atom. The van der Waals surface area contributed by atoms with Gasteiger partial charge in [-0.3, -0.25) is 4.90 Å². The molecule has 96 valence electrons. The largest absolute Gasteiger partial charge is 0.392 e. The molecule has 3 nitrogen and oxygen atoms in total. The van der Waals surface area contributed by atoms with E-state index < -0.39 is 0 Å². The number of aliphatic hydroxyl groups excluding tert-OH is 1. The van der Waals surface area contributed by atoms with E-state index in [-0.39, 0.29) is 6.10 Å². The Morgan fingerprint density at radius 1 is 1.59 bits per heavy atom. The van der Waals surface area contributed by atoms with E-state index in [4.69, 9.17) is 0 Å². The minimum atomic E-state index is -0.157. The predicted molar refractivity (Wildman–Crippen MR) is 72.3 cm³/mol. The lowest BCUT2D eigenvalue weighted by atomic mass is 10.1. The molecule has 0 bridgehead atoms. The van der Waals surface area contributed by atoms with Crippen molar-refractivity contribution in [2.24, 2.45) is 0 Å². The molecule has 2 unspecified atom stereocenters. The molecule has 0 aromatic carbocycles. The summed E-state index contributed by atoms with van der Waals surface area (Å²) in [6, 6.07) is 5.27. The Kier molecular flexibility index (Phi) is 4.56. The summed E-state index contributed by atoms with van der Waals surface area (Å²) in [5.74, 6) is 0. The van der Waals surface area contributed by atoms with Crippen LogP contribution in [0.4, 0.5) is 0 Å². The van der Waals surface area contributed by atoms with Crippen molar-refractivity contribution in [3.63, 3.8) is 0 Å². The van der Waals surface area contributed by atoms with Crippen LogP contribution in [0.3, 0.4) is 0 Å². The number of rotatable bonds is 5. The summed E-state index contributed by atoms with van der Waals surface area (Å²) < 4.78 is 0. The van der Waals surface area contributed by atoms with Crippen LogP contribution < -0.4 is 5.32 Å². The monoisotopic (exact) mass is 254 g/mol. The normalized spacial score (nSPS) is 25.0. The summed E-state index contributed by atoms with van der Waals surface area (Å²) in [5, 5.41) is 15.0. The molecule has 0 spiro atoms. The first kappa shape index (κ1) is 13.0. The van der Waals surface area contributed by atoms with Crippen LogP contribution >= 0.6 is 11.3 Å². The zero-order valence-electron chi connectivity index (χ0n) is 10.6. The van der Waals surface area contributed by atoms with Crippen molar-refractivity contribution in [1.29, 1.82) is 0 Å². The van der Waals surface area contributed by atoms with Crippen molar-refractivity contribution >= 4 is 11.3 Å². The van der Waals surface area contributed by atoms with Crippen molar-refractivity contribution in [3.8, 4) is 0 Å². The van der Waals surface area contributed by atoms with Gasteiger partial charge >= 0.3 is 0 Å². The number of hydrogen-bond donors (Lipinski definition) is 2. The molecule has 0 amide bonds. The fourth-order valence-corrected chi connectivity index (χ4v) is 3.01. The summed E-state index contributed by atoms with van der Waals surface area (Å²) in [4.78, 5) is 3.89. The van der Waals surface area contributed by atoms with Crippen molar-refractivity contribution < 1.29 is 5.11 Å². The van der Waals surface area contributed by atoms with E-state index in [1.807, 2.05) is 11.3 Å². The van der Waals surface area contributed by atoms with E-state index in [1.54, 1.807) is 0 Å². The summed E-state index contributed by atoms with van der Waals surface area (Å²) in [7, 11) is 0. The minimum absolute atomic E-state index is 0.157. The molecule has 2 atom stereocenters. The van der Waals surface area contributed by atoms with Crippen molar-refractivity contribution in [2.45, 2.75) is 45.0 Å². The molecule has 1 aliphatic heterocycles. The highest BCUT2D eigenvalue weighted by Crippen LogP contribution is 2.16. The van der Waals surface area contributed by atoms with Gasteiger partial charge in [0.1, 0.15) is 0 Å². The minimum Gasteiger partial charge on any atom is -0.392 e. The van der Waals surface area contributed by atoms with Crippen LogP contribution in [0.25, 0.3) is 0 Å². The third-order valence-corrected chi connectivity index (χ3v) is 4.18. The average Bonchev–Trinajstić information content (AvgIpc) is 2.89. The van der Waals surface area contributed by atoms with E-state index in [2.05, 4.69) is 41.6 Å². The number of nitrogens with one attached hydrogen (secondary N) is 1. The fraction of sp³-hybridized carbons (Fsp3) is 0.692. The average molecular weight is 254 g/mol. The van der Waals surface area contributed by atoms with Crippen LogP contribution in [-0.4, -0.2) is 41.3 Å². The van der Waals surface area contributed by atoms with Gasteiger partial charge in [-0.05, 0) is 31.7 Å². The molecular formula is C13H22N2OS. The molecule has 17 heavy (non-hydrogen) atoms. The second-order valence-corrected chi connectivity index (χ2v) is 6.13. The molecule has 2 N–H and O–H groups in total. The Morgan fingerprint density at radius 2 is 2.41 bits per heavy atom. The van der Waals surface area contributed by atoms with Crippen LogP contribution in [0, 0.1) is 0 Å². The molecule has 1 fully saturated rings. The van der Waals surface area contributed by atoms with Crippen molar-refractivity contribution in [2.75, 3.05) is 13.1 Å². The van der Waals surface area contributed by atoms with E-state index in [0.717, 1.165) is 26.1 Å². The summed E-state index contributed by atoms with van der Waals surface area (Å²) in [6.45, 7) is 7.25. The zero-order valence-corrected chi connectivity index (χ0v) is 11.4. The van der Waals surface area contributed by atoms with Crippen molar-refractivity contribution in [1.82, 2.24) is 10.2 Å². The quantitative estimate of drug-likeness (QED) is 0.839. The third-order valence-electron chi connectivity index (χ3n) is 3.32. The van der Waals surface area contributed by atoms with Gasteiger partial charge in [-0.15, -0.1) is 11.3 Å². The molecule has 1 aromatic heterocycles. The Balaban J connectivity index is 1.89. The Labute approximate surface area is 107 Å². The Hall–Kier alpha value is -0.420. The van der Waals surface area contributed by atoms with E-state index in [1.165, 1.54) is 4.88 Å². The topological polar surface area (TPSA) is 35.5 Å². The van der Waals surface area contributed by atoms with Crippen molar-refractivity contribution in [3.05, 3.63) is 22.4 Å². The molecular weight excluding hydrogens is 232 g/mol. The molecule has 4 heteroatoms. The fourth-order valence-electron chi connectivity index (χ4n) is 2.28. The van der Waals surface area contributed by atoms with Gasteiger partial charge in [0.25, 0.3) is 0 Å². The first-order valence-electron chi connectivity index (χ1n) is 6.33. The zero-order chi connectivity index (χ0) is 12.3. The van der Waals surface area contributed by atoms with Crippen LogP contribution in [0.1, 0.15) is 25.1 Å². The van der Waals surface area contributed by atoms with Gasteiger partial charge in [0.2, 0.25) is 0 Å². The van der Waals surface area contributed by atoms with E-state index in [9.17, 15) is 5.11 Å². The molecule has 0 radical (unpaired) electrons. The summed E-state index contributed by atoms with van der Waals surface area (Å²) in [5.41, 5.74) is 0. The van der Waals surface area contributed by atoms with Gasteiger partial charge in [-0.25, -0.2) is 0 Å². The second kappa shape index (κ2) is 5.96. The highest BCUT2D eigenvalue weighted by atomic mass is 32.1. The predicted octanol–water partition coefficient (Wildman–Crippen LogP) is 1.68. The second-order valence-electron chi connectivity index (χ2n) is 5.10. The lowest BCUT2D eigenvalue weighted by molar-refractivity contribution is 0.174. The molecule has 0 aliphatic carbocycles. The maximum absolute atomic E-state index is 9.53. The smallest absolute Gasteiger partial charge is 0.0680 e. The summed E-state index contributed by atoms with van der Waals surface area (Å²) in [6.07, 6.45) is 0.726. The first-order valence-corrected chi connectivity index (χ1v) is 7.21. The lowest BCUT2D eigenvalue weighted by Crippen LogP contribution is -2.40. The lowest BCUT2D eigenvalue weighted by Gasteiger charge is -2.28. The molecule has 2 heterocycles. The van der Waals surface area contributed by atoms with Crippen LogP contribution in [0.15, 0.2) is 17.5 Å². The van der Waals surface area contributed by atoms with Gasteiger partial charge in [-0.2, -0.15) is 0 Å². The summed E-state index contributed by atoms with van der Waals surface area (Å²) >= 11 is 1.82. The van der Waals surface area contributed by atoms with Gasteiger partial charge in [-0.1, -0.05) is 6.07 Å².